The van der Waals surface area contributed by atoms with Crippen LogP contribution in [0.1, 0.15) is 54.4 Å². The summed E-state index contributed by atoms with van der Waals surface area (Å²) in [5.74, 6) is 0.683. The molecule has 1 aliphatic carbocycles. The monoisotopic (exact) mass is 250 g/mol. The molecule has 0 saturated carbocycles. The predicted octanol–water partition coefficient (Wildman–Crippen LogP) is 4.27. The van der Waals surface area contributed by atoms with Crippen LogP contribution >= 0.6 is 0 Å². The summed E-state index contributed by atoms with van der Waals surface area (Å²) in [4.78, 5) is 11.7. The third-order valence-corrected chi connectivity index (χ3v) is 4.29. The smallest absolute Gasteiger partial charge is 0.333 e. The summed E-state index contributed by atoms with van der Waals surface area (Å²) >= 11 is 0. The number of carbonyl (C=O) groups is 1. The van der Waals surface area contributed by atoms with Crippen LogP contribution in [0.25, 0.3) is 0 Å². The van der Waals surface area contributed by atoms with Crippen LogP contribution in [0.15, 0.2) is 23.3 Å². The van der Waals surface area contributed by atoms with Crippen molar-refractivity contribution < 1.29 is 9.53 Å². The molecule has 0 aliphatic heterocycles. The first kappa shape index (κ1) is 15.0. The maximum absolute atomic E-state index is 11.7. The van der Waals surface area contributed by atoms with Crippen molar-refractivity contribution in [3.63, 3.8) is 0 Å². The third kappa shape index (κ3) is 3.24. The summed E-state index contributed by atoms with van der Waals surface area (Å²) in [6.07, 6.45) is 2.10. The molecule has 18 heavy (non-hydrogen) atoms. The number of ether oxygens (including phenoxy) is 1. The van der Waals surface area contributed by atoms with E-state index in [9.17, 15) is 4.79 Å². The van der Waals surface area contributed by atoms with Gasteiger partial charge in [0.15, 0.2) is 0 Å². The zero-order chi connectivity index (χ0) is 14.1. The first-order valence-electron chi connectivity index (χ1n) is 6.70. The molecule has 0 heterocycles. The standard InChI is InChI=1S/C16H26O2/c1-10(2)15(17)18-16(6,7)14-8-11(3)13(5)12(4)9-14/h11,14H,1,8-9H2,2-7H3. The van der Waals surface area contributed by atoms with E-state index in [1.165, 1.54) is 11.1 Å². The second-order valence-electron chi connectivity index (χ2n) is 6.27. The van der Waals surface area contributed by atoms with E-state index in [1.807, 2.05) is 13.8 Å². The molecule has 2 nitrogen and oxygen atoms in total. The van der Waals surface area contributed by atoms with Crippen molar-refractivity contribution in [2.45, 2.75) is 60.0 Å². The highest BCUT2D eigenvalue weighted by Crippen LogP contribution is 2.40. The van der Waals surface area contributed by atoms with E-state index in [-0.39, 0.29) is 5.97 Å². The maximum Gasteiger partial charge on any atom is 0.333 e. The summed E-state index contributed by atoms with van der Waals surface area (Å²) in [6.45, 7) is 16.0. The molecule has 0 bridgehead atoms. The van der Waals surface area contributed by atoms with Crippen molar-refractivity contribution in [1.82, 2.24) is 0 Å². The lowest BCUT2D eigenvalue weighted by atomic mass is 9.72. The van der Waals surface area contributed by atoms with Gasteiger partial charge >= 0.3 is 5.97 Å². The Kier molecular flexibility index (Phi) is 4.41. The Labute approximate surface area is 111 Å². The minimum atomic E-state index is -0.424. The van der Waals surface area contributed by atoms with Gasteiger partial charge in [0.2, 0.25) is 0 Å². The van der Waals surface area contributed by atoms with Crippen molar-refractivity contribution >= 4 is 5.97 Å². The number of hydrogen-bond acceptors (Lipinski definition) is 2. The maximum atomic E-state index is 11.7. The number of hydrogen-bond donors (Lipinski definition) is 0. The van der Waals surface area contributed by atoms with Gasteiger partial charge in [0, 0.05) is 11.5 Å². The lowest BCUT2D eigenvalue weighted by molar-refractivity contribution is -0.157. The highest BCUT2D eigenvalue weighted by molar-refractivity contribution is 5.87. The molecule has 0 aromatic rings. The Balaban J connectivity index is 2.82. The molecular weight excluding hydrogens is 224 g/mol. The molecule has 102 valence electrons. The molecule has 2 unspecified atom stereocenters. The largest absolute Gasteiger partial charge is 0.456 e. The summed E-state index contributed by atoms with van der Waals surface area (Å²) in [7, 11) is 0. The molecule has 1 rings (SSSR count). The first-order valence-corrected chi connectivity index (χ1v) is 6.70. The van der Waals surface area contributed by atoms with Crippen molar-refractivity contribution in [3.8, 4) is 0 Å². The van der Waals surface area contributed by atoms with E-state index in [0.29, 0.717) is 17.4 Å². The topological polar surface area (TPSA) is 26.3 Å². The molecule has 1 aliphatic rings. The van der Waals surface area contributed by atoms with Gasteiger partial charge < -0.3 is 4.74 Å². The molecule has 2 atom stereocenters. The van der Waals surface area contributed by atoms with Crippen molar-refractivity contribution in [2.24, 2.45) is 11.8 Å². The van der Waals surface area contributed by atoms with Gasteiger partial charge in [-0.15, -0.1) is 0 Å². The molecule has 2 heteroatoms. The van der Waals surface area contributed by atoms with Crippen LogP contribution in [0, 0.1) is 11.8 Å². The molecule has 0 saturated heterocycles. The fourth-order valence-corrected chi connectivity index (χ4v) is 2.58. The van der Waals surface area contributed by atoms with Crippen LogP contribution in [0.4, 0.5) is 0 Å². The second-order valence-corrected chi connectivity index (χ2v) is 6.27. The van der Waals surface area contributed by atoms with Crippen molar-refractivity contribution in [1.29, 1.82) is 0 Å². The van der Waals surface area contributed by atoms with Crippen LogP contribution in [-0.2, 0) is 9.53 Å². The lowest BCUT2D eigenvalue weighted by Gasteiger charge is -2.39. The molecule has 0 N–H and O–H groups in total. The lowest BCUT2D eigenvalue weighted by Crippen LogP contribution is -2.39. The van der Waals surface area contributed by atoms with Crippen LogP contribution in [-0.4, -0.2) is 11.6 Å². The van der Waals surface area contributed by atoms with Crippen LogP contribution < -0.4 is 0 Å². The van der Waals surface area contributed by atoms with E-state index >= 15 is 0 Å². The highest BCUT2D eigenvalue weighted by atomic mass is 16.6. The second kappa shape index (κ2) is 5.29. The average Bonchev–Trinajstić information content (AvgIpc) is 2.24. The number of rotatable bonds is 3. The summed E-state index contributed by atoms with van der Waals surface area (Å²) in [6, 6.07) is 0. The van der Waals surface area contributed by atoms with E-state index < -0.39 is 5.60 Å². The molecule has 0 spiro atoms. The van der Waals surface area contributed by atoms with Crippen molar-refractivity contribution in [2.75, 3.05) is 0 Å². The molecule has 0 amide bonds. The Hall–Kier alpha value is -1.05. The quantitative estimate of drug-likeness (QED) is 0.425. The van der Waals surface area contributed by atoms with E-state index in [4.69, 9.17) is 4.74 Å². The zero-order valence-electron chi connectivity index (χ0n) is 12.6. The summed E-state index contributed by atoms with van der Waals surface area (Å²) in [5.41, 5.74) is 2.98. The van der Waals surface area contributed by atoms with Gasteiger partial charge in [0.1, 0.15) is 5.60 Å². The minimum absolute atomic E-state index is 0.281. The number of carbonyl (C=O) groups excluding carboxylic acids is 1. The molecule has 0 fully saturated rings. The Morgan fingerprint density at radius 2 is 1.94 bits per heavy atom. The summed E-state index contributed by atoms with van der Waals surface area (Å²) < 4.78 is 5.61. The van der Waals surface area contributed by atoms with Crippen LogP contribution in [0.5, 0.6) is 0 Å². The third-order valence-electron chi connectivity index (χ3n) is 4.29. The van der Waals surface area contributed by atoms with Crippen molar-refractivity contribution in [3.05, 3.63) is 23.3 Å². The Morgan fingerprint density at radius 3 is 2.39 bits per heavy atom. The predicted molar refractivity (Wildman–Crippen MR) is 75.2 cm³/mol. The average molecular weight is 250 g/mol. The highest BCUT2D eigenvalue weighted by Gasteiger charge is 2.37. The molecule has 0 radical (unpaired) electrons. The van der Waals surface area contributed by atoms with Crippen LogP contribution in [0.3, 0.4) is 0 Å². The van der Waals surface area contributed by atoms with Gasteiger partial charge in [0.05, 0.1) is 0 Å². The SMILES string of the molecule is C=C(C)C(=O)OC(C)(C)C1CC(C)=C(C)C(C)C1. The van der Waals surface area contributed by atoms with Gasteiger partial charge in [-0.25, -0.2) is 4.79 Å². The Morgan fingerprint density at radius 1 is 1.39 bits per heavy atom. The van der Waals surface area contributed by atoms with Gasteiger partial charge in [-0.1, -0.05) is 24.6 Å². The van der Waals surface area contributed by atoms with E-state index in [0.717, 1.165) is 12.8 Å². The normalized spacial score (nSPS) is 25.0. The Bertz CT molecular complexity index is 388. The minimum Gasteiger partial charge on any atom is -0.456 e. The van der Waals surface area contributed by atoms with Gasteiger partial charge in [-0.3, -0.25) is 0 Å². The van der Waals surface area contributed by atoms with Gasteiger partial charge in [-0.2, -0.15) is 0 Å². The van der Waals surface area contributed by atoms with E-state index in [1.54, 1.807) is 6.92 Å². The fourth-order valence-electron chi connectivity index (χ4n) is 2.58. The van der Waals surface area contributed by atoms with Gasteiger partial charge in [-0.05, 0) is 53.4 Å². The molecular formula is C16H26O2. The zero-order valence-corrected chi connectivity index (χ0v) is 12.6. The van der Waals surface area contributed by atoms with Gasteiger partial charge in [0.25, 0.3) is 0 Å². The number of esters is 1. The fraction of sp³-hybridized carbons (Fsp3) is 0.688. The molecule has 0 aromatic heterocycles. The van der Waals surface area contributed by atoms with Crippen LogP contribution in [0.2, 0.25) is 0 Å². The number of allylic oxidation sites excluding steroid dienone is 2. The molecule has 0 aromatic carbocycles. The summed E-state index contributed by atoms with van der Waals surface area (Å²) in [5, 5.41) is 0. The van der Waals surface area contributed by atoms with E-state index in [2.05, 4.69) is 27.4 Å². The first-order chi connectivity index (χ1) is 8.15.